The minimum absolute atomic E-state index is 0.0276. The van der Waals surface area contributed by atoms with Crippen molar-refractivity contribution in [2.75, 3.05) is 13.2 Å². The quantitative estimate of drug-likeness (QED) is 0.606. The summed E-state index contributed by atoms with van der Waals surface area (Å²) >= 11 is 0. The van der Waals surface area contributed by atoms with Gasteiger partial charge in [-0.15, -0.1) is 0 Å². The highest BCUT2D eigenvalue weighted by molar-refractivity contribution is 7.89. The molecule has 1 amide bonds. The molecule has 3 aliphatic rings. The normalized spacial score (nSPS) is 31.1. The molecule has 188 valence electrons. The van der Waals surface area contributed by atoms with Gasteiger partial charge in [0, 0.05) is 18.6 Å². The number of carbonyl (C=O) groups is 2. The molecule has 1 aromatic carbocycles. The minimum Gasteiger partial charge on any atom is -0.452 e. The SMILES string of the molecule is CC1CCCCC1NC(=O)COC(=O)c1cccc(S(=O)(=O)N2CC3(C)CC2CC(C)(C)C3)c1. The first-order chi connectivity index (χ1) is 15.9. The number of fused-ring (bicyclic) bond motifs is 2. The zero-order valence-corrected chi connectivity index (χ0v) is 21.6. The number of amides is 1. The fourth-order valence-corrected chi connectivity index (χ4v) is 8.42. The van der Waals surface area contributed by atoms with Crippen LogP contribution in [0.15, 0.2) is 29.2 Å². The van der Waals surface area contributed by atoms with Crippen molar-refractivity contribution in [1.82, 2.24) is 9.62 Å². The van der Waals surface area contributed by atoms with E-state index in [9.17, 15) is 18.0 Å². The average molecular weight is 491 g/mol. The Kier molecular flexibility index (Phi) is 6.86. The number of carbonyl (C=O) groups excluding carboxylic acids is 2. The van der Waals surface area contributed by atoms with Gasteiger partial charge in [0.25, 0.3) is 5.91 Å². The zero-order chi connectivity index (χ0) is 24.7. The molecule has 0 spiro atoms. The van der Waals surface area contributed by atoms with Crippen molar-refractivity contribution in [3.63, 3.8) is 0 Å². The first-order valence-corrected chi connectivity index (χ1v) is 13.9. The molecular weight excluding hydrogens is 452 g/mol. The van der Waals surface area contributed by atoms with Gasteiger partial charge in [0.15, 0.2) is 6.61 Å². The van der Waals surface area contributed by atoms with E-state index in [1.807, 2.05) is 0 Å². The average Bonchev–Trinajstić information content (AvgIpc) is 3.03. The molecule has 4 atom stereocenters. The Morgan fingerprint density at radius 2 is 1.88 bits per heavy atom. The summed E-state index contributed by atoms with van der Waals surface area (Å²) in [6, 6.07) is 6.06. The van der Waals surface area contributed by atoms with E-state index < -0.39 is 16.0 Å². The Bertz CT molecular complexity index is 1050. The Morgan fingerprint density at radius 3 is 2.62 bits per heavy atom. The van der Waals surface area contributed by atoms with Crippen LogP contribution in [0.25, 0.3) is 0 Å². The van der Waals surface area contributed by atoms with Crippen molar-refractivity contribution in [1.29, 1.82) is 0 Å². The number of esters is 1. The Hall–Kier alpha value is -1.93. The van der Waals surface area contributed by atoms with E-state index in [1.54, 1.807) is 10.4 Å². The molecule has 7 nitrogen and oxygen atoms in total. The Labute approximate surface area is 203 Å². The summed E-state index contributed by atoms with van der Waals surface area (Å²) in [6.45, 7) is 8.82. The third-order valence-electron chi connectivity index (χ3n) is 7.84. The minimum atomic E-state index is -3.75. The molecule has 1 aromatic rings. The van der Waals surface area contributed by atoms with Gasteiger partial charge in [-0.25, -0.2) is 13.2 Å². The van der Waals surface area contributed by atoms with Crippen LogP contribution in [0.5, 0.6) is 0 Å². The van der Waals surface area contributed by atoms with Gasteiger partial charge in [0.2, 0.25) is 10.0 Å². The van der Waals surface area contributed by atoms with E-state index in [0.29, 0.717) is 12.5 Å². The van der Waals surface area contributed by atoms with Crippen molar-refractivity contribution >= 4 is 21.9 Å². The van der Waals surface area contributed by atoms with Crippen LogP contribution in [-0.4, -0.2) is 49.8 Å². The second-order valence-electron chi connectivity index (χ2n) is 11.8. The molecule has 0 aromatic heterocycles. The van der Waals surface area contributed by atoms with Gasteiger partial charge in [-0.1, -0.05) is 46.6 Å². The first kappa shape index (κ1) is 25.2. The maximum Gasteiger partial charge on any atom is 0.338 e. The van der Waals surface area contributed by atoms with E-state index in [-0.39, 0.29) is 45.9 Å². The van der Waals surface area contributed by atoms with Crippen LogP contribution in [0, 0.1) is 16.7 Å². The van der Waals surface area contributed by atoms with E-state index in [0.717, 1.165) is 38.5 Å². The molecule has 34 heavy (non-hydrogen) atoms. The highest BCUT2D eigenvalue weighted by atomic mass is 32.2. The number of hydrogen-bond acceptors (Lipinski definition) is 5. The molecule has 1 N–H and O–H groups in total. The molecular formula is C26H38N2O5S. The highest BCUT2D eigenvalue weighted by Crippen LogP contribution is 2.53. The molecule has 4 rings (SSSR count). The molecule has 3 fully saturated rings. The second-order valence-corrected chi connectivity index (χ2v) is 13.7. The van der Waals surface area contributed by atoms with Crippen molar-refractivity contribution in [3.05, 3.63) is 29.8 Å². The van der Waals surface area contributed by atoms with Crippen LogP contribution in [-0.2, 0) is 19.6 Å². The van der Waals surface area contributed by atoms with E-state index in [2.05, 4.69) is 33.0 Å². The lowest BCUT2D eigenvalue weighted by Crippen LogP contribution is -2.42. The molecule has 2 aliphatic carbocycles. The standard InChI is InChI=1S/C26H38N2O5S/c1-18-8-5-6-11-22(18)27-23(29)15-33-24(30)19-9-7-10-21(12-19)34(31,32)28-17-26(4)14-20(28)13-25(2,3)16-26/h7,9-10,12,18,20,22H,5-6,8,11,13-17H2,1-4H3,(H,27,29). The Morgan fingerprint density at radius 1 is 1.15 bits per heavy atom. The zero-order valence-electron chi connectivity index (χ0n) is 20.8. The van der Waals surface area contributed by atoms with Crippen LogP contribution in [0.3, 0.4) is 0 Å². The molecule has 2 bridgehead atoms. The smallest absolute Gasteiger partial charge is 0.338 e. The summed E-state index contributed by atoms with van der Waals surface area (Å²) in [5.41, 5.74) is 0.205. The van der Waals surface area contributed by atoms with Gasteiger partial charge in [0.1, 0.15) is 0 Å². The van der Waals surface area contributed by atoms with Gasteiger partial charge in [-0.05, 0) is 67.1 Å². The summed E-state index contributed by atoms with van der Waals surface area (Å²) in [7, 11) is -3.75. The van der Waals surface area contributed by atoms with Gasteiger partial charge in [-0.2, -0.15) is 4.31 Å². The molecule has 4 unspecified atom stereocenters. The van der Waals surface area contributed by atoms with Gasteiger partial charge >= 0.3 is 5.97 Å². The monoisotopic (exact) mass is 490 g/mol. The van der Waals surface area contributed by atoms with Crippen molar-refractivity contribution in [2.24, 2.45) is 16.7 Å². The first-order valence-electron chi connectivity index (χ1n) is 12.5. The van der Waals surface area contributed by atoms with Crippen molar-refractivity contribution < 1.29 is 22.7 Å². The number of hydrogen-bond donors (Lipinski definition) is 1. The predicted molar refractivity (Wildman–Crippen MR) is 130 cm³/mol. The fraction of sp³-hybridized carbons (Fsp3) is 0.692. The molecule has 1 saturated heterocycles. The van der Waals surface area contributed by atoms with Gasteiger partial charge in [0.05, 0.1) is 10.5 Å². The lowest BCUT2D eigenvalue weighted by Gasteiger charge is -2.39. The number of nitrogens with one attached hydrogen (secondary N) is 1. The van der Waals surface area contributed by atoms with Gasteiger partial charge in [-0.3, -0.25) is 4.79 Å². The van der Waals surface area contributed by atoms with Crippen LogP contribution < -0.4 is 5.32 Å². The second kappa shape index (κ2) is 9.26. The molecule has 1 aliphatic heterocycles. The number of ether oxygens (including phenoxy) is 1. The summed E-state index contributed by atoms with van der Waals surface area (Å²) in [4.78, 5) is 25.0. The summed E-state index contributed by atoms with van der Waals surface area (Å²) in [6.07, 6.45) is 6.98. The van der Waals surface area contributed by atoms with Crippen molar-refractivity contribution in [2.45, 2.75) is 89.6 Å². The molecule has 8 heteroatoms. The van der Waals surface area contributed by atoms with E-state index in [4.69, 9.17) is 4.74 Å². The lowest BCUT2D eigenvalue weighted by molar-refractivity contribution is -0.125. The molecule has 0 radical (unpaired) electrons. The number of benzene rings is 1. The van der Waals surface area contributed by atoms with Crippen molar-refractivity contribution in [3.8, 4) is 0 Å². The highest BCUT2D eigenvalue weighted by Gasteiger charge is 2.53. The van der Waals surface area contributed by atoms with Crippen LogP contribution in [0.1, 0.15) is 83.0 Å². The summed E-state index contributed by atoms with van der Waals surface area (Å²) in [5.74, 6) is -0.610. The van der Waals surface area contributed by atoms with E-state index in [1.165, 1.54) is 24.6 Å². The van der Waals surface area contributed by atoms with Crippen LogP contribution in [0.2, 0.25) is 0 Å². The Balaban J connectivity index is 1.41. The van der Waals surface area contributed by atoms with Gasteiger partial charge < -0.3 is 10.1 Å². The maximum absolute atomic E-state index is 13.5. The largest absolute Gasteiger partial charge is 0.452 e. The molecule has 2 saturated carbocycles. The third-order valence-corrected chi connectivity index (χ3v) is 9.73. The topological polar surface area (TPSA) is 92.8 Å². The number of rotatable bonds is 6. The van der Waals surface area contributed by atoms with Crippen LogP contribution in [0.4, 0.5) is 0 Å². The summed E-state index contributed by atoms with van der Waals surface area (Å²) in [5, 5.41) is 2.96. The maximum atomic E-state index is 13.5. The summed E-state index contributed by atoms with van der Waals surface area (Å²) < 4.78 is 33.9. The third kappa shape index (κ3) is 5.33. The lowest BCUT2D eigenvalue weighted by atomic mass is 9.65. The number of nitrogens with zero attached hydrogens (tertiary/aromatic N) is 1. The predicted octanol–water partition coefficient (Wildman–Crippen LogP) is 4.13. The fourth-order valence-electron chi connectivity index (χ4n) is 6.60. The van der Waals surface area contributed by atoms with Crippen LogP contribution >= 0.6 is 0 Å². The molecule has 1 heterocycles. The number of sulfonamides is 1. The van der Waals surface area contributed by atoms with E-state index >= 15 is 0 Å².